The van der Waals surface area contributed by atoms with E-state index in [2.05, 4.69) is 15.6 Å². The van der Waals surface area contributed by atoms with Crippen LogP contribution in [0.3, 0.4) is 0 Å². The van der Waals surface area contributed by atoms with Gasteiger partial charge in [0, 0.05) is 0 Å². The molecule has 4 heteroatoms. The summed E-state index contributed by atoms with van der Waals surface area (Å²) in [5, 5.41) is 0. The molecule has 4 heavy (non-hydrogen) atoms. The van der Waals surface area contributed by atoms with Gasteiger partial charge in [0.15, 0.2) is 0 Å². The molecule has 0 heterocycles. The Labute approximate surface area is 60.8 Å². The fraction of sp³-hybridized carbons (Fsp3) is 0. The van der Waals surface area contributed by atoms with E-state index in [0.717, 1.165) is 0 Å². The van der Waals surface area contributed by atoms with Crippen LogP contribution in [0.5, 0.6) is 0 Å². The van der Waals surface area contributed by atoms with Crippen LogP contribution in [0.25, 0.3) is 0 Å². The van der Waals surface area contributed by atoms with Crippen LogP contribution in [0, 0.1) is 0 Å². The van der Waals surface area contributed by atoms with Gasteiger partial charge in [-0.05, 0) is 0 Å². The van der Waals surface area contributed by atoms with Crippen molar-refractivity contribution >= 4 is 61.2 Å². The van der Waals surface area contributed by atoms with Crippen molar-refractivity contribution in [3.63, 3.8) is 0 Å². The first-order chi connectivity index (χ1) is 1.00. The van der Waals surface area contributed by atoms with Crippen molar-refractivity contribution in [2.45, 2.75) is 0 Å². The molecule has 0 saturated carbocycles. The van der Waals surface area contributed by atoms with Crippen molar-refractivity contribution in [3.05, 3.63) is 0 Å². The van der Waals surface area contributed by atoms with Crippen molar-refractivity contribution in [2.75, 3.05) is 0 Å². The molecule has 0 rings (SSSR count). The average molecular weight is 232 g/mol. The second-order valence-electron chi connectivity index (χ2n) is 0. The number of rotatable bonds is 0. The zero-order valence-corrected chi connectivity index (χ0v) is 1.92. The van der Waals surface area contributed by atoms with E-state index in [4.69, 9.17) is 0 Å². The molecule has 0 aliphatic rings. The van der Waals surface area contributed by atoms with Gasteiger partial charge < -0.3 is 0 Å². The molecular formula is H6BGaInP. The Morgan fingerprint density at radius 1 is 1.25 bits per heavy atom. The summed E-state index contributed by atoms with van der Waals surface area (Å²) < 4.78 is 0. The molecule has 0 aliphatic heterocycles. The standard InChI is InChI=1S/BP.Ga.In.6H/c1-2;;;;;;;;. The van der Waals surface area contributed by atoms with Gasteiger partial charge in [0.1, 0.15) is 0 Å². The van der Waals surface area contributed by atoms with Gasteiger partial charge in [0.2, 0.25) is 0 Å². The molecule has 0 bridgehead atoms. The Hall–Kier alpha value is 2.00. The molecule has 0 aromatic heterocycles. The molecule has 0 spiro atoms. The third-order valence-electron chi connectivity index (χ3n) is 0. The van der Waals surface area contributed by atoms with Crippen LogP contribution in [0.4, 0.5) is 0 Å². The Morgan fingerprint density at radius 2 is 1.25 bits per heavy atom. The monoisotopic (exact) mass is 232 g/mol. The second kappa shape index (κ2) is 20.0. The van der Waals surface area contributed by atoms with E-state index in [-0.39, 0.29) is 45.6 Å². The predicted molar refractivity (Wildman–Crippen MR) is 32.6 cm³/mol. The molecule has 0 nitrogen and oxygen atoms in total. The maximum absolute atomic E-state index is 4.19. The summed E-state index contributed by atoms with van der Waals surface area (Å²) in [5.41, 5.74) is 0. The van der Waals surface area contributed by atoms with Crippen LogP contribution in [-0.4, -0.2) is 52.6 Å². The summed E-state index contributed by atoms with van der Waals surface area (Å²) in [4.78, 5) is 0. The Bertz CT molecular complexity index is 12.8. The van der Waals surface area contributed by atoms with Crippen molar-refractivity contribution in [1.29, 1.82) is 0 Å². The van der Waals surface area contributed by atoms with Crippen LogP contribution in [-0.2, 0) is 0 Å². The Morgan fingerprint density at radius 3 is 1.25 bits per heavy atom. The van der Waals surface area contributed by atoms with E-state index in [0.29, 0.717) is 0 Å². The Balaban J connectivity index is -0.00000000500. The third kappa shape index (κ3) is 9.00. The van der Waals surface area contributed by atoms with Gasteiger partial charge in [-0.25, -0.2) is 0 Å². The van der Waals surface area contributed by atoms with Gasteiger partial charge in [-0.3, -0.25) is 0 Å². The summed E-state index contributed by atoms with van der Waals surface area (Å²) in [5.74, 6) is 0. The number of hydrogen-bond donors (Lipinski definition) is 0. The topological polar surface area (TPSA) is 0 Å². The zero-order chi connectivity index (χ0) is 2.00. The minimum atomic E-state index is 0. The van der Waals surface area contributed by atoms with Crippen molar-refractivity contribution in [1.82, 2.24) is 0 Å². The SMILES string of the molecule is B#P.[GaH3].[InH3]. The quantitative estimate of drug-likeness (QED) is 0.338. The van der Waals surface area contributed by atoms with Gasteiger partial charge in [-0.2, -0.15) is 0 Å². The molecule has 0 saturated heterocycles. The first kappa shape index (κ1) is 16.7. The third-order valence-corrected chi connectivity index (χ3v) is 0. The normalized spacial score (nSPS) is 1.25. The fourth-order valence-corrected chi connectivity index (χ4v) is 0. The summed E-state index contributed by atoms with van der Waals surface area (Å²) in [7, 11) is 7.22. The van der Waals surface area contributed by atoms with E-state index in [1.165, 1.54) is 0 Å². The number of hydrogen-bond acceptors (Lipinski definition) is 0. The fourth-order valence-electron chi connectivity index (χ4n) is 0. The molecule has 0 aromatic rings. The second-order valence-corrected chi connectivity index (χ2v) is 0. The molecule has 0 unspecified atom stereocenters. The zero-order valence-electron chi connectivity index (χ0n) is 1.02. The summed E-state index contributed by atoms with van der Waals surface area (Å²) >= 11 is 0. The molecule has 0 N–H and O–H groups in total. The van der Waals surface area contributed by atoms with Crippen LogP contribution in [0.1, 0.15) is 0 Å². The van der Waals surface area contributed by atoms with E-state index in [1.807, 2.05) is 0 Å². The van der Waals surface area contributed by atoms with Gasteiger partial charge in [-0.15, -0.1) is 0 Å². The molecule has 0 aliphatic carbocycles. The summed E-state index contributed by atoms with van der Waals surface area (Å²) in [6.45, 7) is 0. The Kier molecular flexibility index (Phi) is 83.3. The average Bonchev–Trinajstić information content (AvgIpc) is 1.00. The van der Waals surface area contributed by atoms with E-state index in [9.17, 15) is 0 Å². The van der Waals surface area contributed by atoms with Crippen molar-refractivity contribution in [3.8, 4) is 0 Å². The molecule has 0 atom stereocenters. The first-order valence-electron chi connectivity index (χ1n) is 0.258. The minimum absolute atomic E-state index is 0. The van der Waals surface area contributed by atoms with Crippen molar-refractivity contribution < 1.29 is 0 Å². The maximum atomic E-state index is 4.19. The van der Waals surface area contributed by atoms with Gasteiger partial charge in [0.25, 0.3) is 0 Å². The molecule has 0 amide bonds. The molecule has 20 valence electrons. The van der Waals surface area contributed by atoms with E-state index >= 15 is 0 Å². The van der Waals surface area contributed by atoms with Crippen LogP contribution < -0.4 is 0 Å². The van der Waals surface area contributed by atoms with E-state index < -0.39 is 0 Å². The molecular weight excluding hydrogens is 226 g/mol. The summed E-state index contributed by atoms with van der Waals surface area (Å²) in [6, 6.07) is 0. The van der Waals surface area contributed by atoms with Crippen LogP contribution >= 0.6 is 8.56 Å². The van der Waals surface area contributed by atoms with Crippen LogP contribution in [0.15, 0.2) is 0 Å². The van der Waals surface area contributed by atoms with Gasteiger partial charge >= 0.3 is 61.2 Å². The van der Waals surface area contributed by atoms with E-state index in [1.54, 1.807) is 0 Å². The van der Waals surface area contributed by atoms with Crippen molar-refractivity contribution in [2.24, 2.45) is 0 Å². The predicted octanol–water partition coefficient (Wildman–Crippen LogP) is -1.89. The molecule has 0 fully saturated rings. The van der Waals surface area contributed by atoms with Gasteiger partial charge in [0.05, 0.1) is 0 Å². The first-order valence-corrected chi connectivity index (χ1v) is 0.775. The van der Waals surface area contributed by atoms with Gasteiger partial charge in [-0.1, -0.05) is 0 Å². The van der Waals surface area contributed by atoms with Crippen LogP contribution in [0.2, 0.25) is 0 Å². The molecule has 0 radical (unpaired) electrons. The molecule has 0 aromatic carbocycles. The summed E-state index contributed by atoms with van der Waals surface area (Å²) in [6.07, 6.45) is 0.